The first-order chi connectivity index (χ1) is 20.3. The number of methoxy groups -OCH3 is 1. The van der Waals surface area contributed by atoms with Crippen LogP contribution in [-0.2, 0) is 19.6 Å². The zero-order chi connectivity index (χ0) is 29.4. The van der Waals surface area contributed by atoms with Gasteiger partial charge >= 0.3 is 0 Å². The summed E-state index contributed by atoms with van der Waals surface area (Å²) in [4.78, 5) is 32.8. The van der Waals surface area contributed by atoms with Crippen LogP contribution < -0.4 is 10.2 Å². The number of thioether (sulfide) groups is 1. The van der Waals surface area contributed by atoms with Gasteiger partial charge < -0.3 is 15.0 Å². The summed E-state index contributed by atoms with van der Waals surface area (Å²) in [7, 11) is -1.97. The average Bonchev–Trinajstić information content (AvgIpc) is 3.60. The summed E-state index contributed by atoms with van der Waals surface area (Å²) in [5, 5.41) is 4.74. The molecule has 0 radical (unpaired) electrons. The van der Waals surface area contributed by atoms with Gasteiger partial charge in [0.15, 0.2) is 0 Å². The molecule has 3 aromatic rings. The van der Waals surface area contributed by atoms with Crippen LogP contribution in [0, 0.1) is 12.8 Å². The van der Waals surface area contributed by atoms with Crippen LogP contribution in [0.5, 0.6) is 0 Å². The molecule has 1 atom stereocenters. The van der Waals surface area contributed by atoms with E-state index in [2.05, 4.69) is 10.3 Å². The van der Waals surface area contributed by atoms with E-state index in [1.54, 1.807) is 18.1 Å². The molecule has 0 unspecified atom stereocenters. The molecule has 3 aliphatic heterocycles. The summed E-state index contributed by atoms with van der Waals surface area (Å²) in [5.41, 5.74) is 3.94. The van der Waals surface area contributed by atoms with Crippen molar-refractivity contribution in [3.05, 3.63) is 75.8 Å². The van der Waals surface area contributed by atoms with Crippen LogP contribution in [-0.4, -0.2) is 62.9 Å². The van der Waals surface area contributed by atoms with E-state index in [1.807, 2.05) is 55.5 Å². The number of nitrogens with one attached hydrogen (secondary N) is 1. The number of hydrogen-bond acceptors (Lipinski definition) is 7. The van der Waals surface area contributed by atoms with E-state index < -0.39 is 10.0 Å². The summed E-state index contributed by atoms with van der Waals surface area (Å²) in [6, 6.07) is 15.1. The van der Waals surface area contributed by atoms with E-state index in [9.17, 15) is 18.0 Å². The molecule has 1 aromatic heterocycles. The summed E-state index contributed by atoms with van der Waals surface area (Å²) in [6.07, 6.45) is 4.04. The van der Waals surface area contributed by atoms with Crippen LogP contribution in [0.15, 0.2) is 58.8 Å². The molecule has 42 heavy (non-hydrogen) atoms. The lowest BCUT2D eigenvalue weighted by Gasteiger charge is -2.31. The molecule has 0 saturated carbocycles. The summed E-state index contributed by atoms with van der Waals surface area (Å²) < 4.78 is 33.9. The van der Waals surface area contributed by atoms with E-state index in [0.29, 0.717) is 61.0 Å². The molecule has 0 aliphatic carbocycles. The van der Waals surface area contributed by atoms with Crippen LogP contribution in [0.25, 0.3) is 10.8 Å². The van der Waals surface area contributed by atoms with Crippen molar-refractivity contribution in [3.63, 3.8) is 0 Å². The predicted octanol–water partition coefficient (Wildman–Crippen LogP) is 5.24. The number of amides is 2. The second-order valence-corrected chi connectivity index (χ2v) is 14.3. The van der Waals surface area contributed by atoms with Gasteiger partial charge in [0, 0.05) is 67.0 Å². The topological polar surface area (TPSA) is 109 Å². The number of aromatic nitrogens is 1. The monoisotopic (exact) mass is 606 g/mol. The Labute approximate surface area is 250 Å². The first-order valence-electron chi connectivity index (χ1n) is 14.3. The fourth-order valence-electron chi connectivity index (χ4n) is 5.99. The molecule has 1 fully saturated rings. The number of allylic oxidation sites excluding steroid dienone is 1. The largest absolute Gasteiger partial charge is 0.385 e. The number of anilines is 2. The van der Waals surface area contributed by atoms with Crippen molar-refractivity contribution in [1.82, 2.24) is 9.29 Å². The van der Waals surface area contributed by atoms with E-state index in [0.717, 1.165) is 34.3 Å². The standard InChI is InChI=1S/C31H34N4O5S2/c1-20-6-3-9-25(32-20)27-12-13-28(41-27)42(38,39)34-17-14-21(15-18-34)30(36)33-24-10-11-26-29-22(24)7-4-8-23(29)31(37)35(26)16-5-19-40-2/h3-4,6-11,13,21,27H,5,12,14-19H2,1-2H3,(H,33,36)/t27-/m0/s1. The van der Waals surface area contributed by atoms with Gasteiger partial charge in [-0.05, 0) is 62.9 Å². The molecule has 1 saturated heterocycles. The van der Waals surface area contributed by atoms with Gasteiger partial charge in [0.2, 0.25) is 15.9 Å². The highest BCUT2D eigenvalue weighted by Crippen LogP contribution is 2.46. The molecule has 220 valence electrons. The third-order valence-electron chi connectivity index (χ3n) is 8.19. The highest BCUT2D eigenvalue weighted by atomic mass is 32.3. The zero-order valence-electron chi connectivity index (χ0n) is 23.7. The van der Waals surface area contributed by atoms with Gasteiger partial charge in [-0.25, -0.2) is 8.42 Å². The highest BCUT2D eigenvalue weighted by Gasteiger charge is 2.37. The third kappa shape index (κ3) is 5.34. The van der Waals surface area contributed by atoms with Crippen LogP contribution in [0.2, 0.25) is 0 Å². The number of hydrogen-bond donors (Lipinski definition) is 1. The molecule has 1 N–H and O–H groups in total. The predicted molar refractivity (Wildman–Crippen MR) is 166 cm³/mol. The highest BCUT2D eigenvalue weighted by molar-refractivity contribution is 8.18. The number of pyridine rings is 1. The number of aryl methyl sites for hydroxylation is 1. The Hall–Kier alpha value is -3.25. The van der Waals surface area contributed by atoms with Gasteiger partial charge in [-0.2, -0.15) is 4.31 Å². The first-order valence-corrected chi connectivity index (χ1v) is 16.6. The van der Waals surface area contributed by atoms with Gasteiger partial charge in [0.1, 0.15) is 4.24 Å². The number of nitrogens with zero attached hydrogens (tertiary/aromatic N) is 3. The fourth-order valence-corrected chi connectivity index (χ4v) is 9.32. The van der Waals surface area contributed by atoms with Gasteiger partial charge in [-0.3, -0.25) is 14.6 Å². The molecule has 0 bridgehead atoms. The van der Waals surface area contributed by atoms with Gasteiger partial charge in [-0.1, -0.05) is 24.3 Å². The molecule has 9 nitrogen and oxygen atoms in total. The second-order valence-electron chi connectivity index (χ2n) is 10.9. The van der Waals surface area contributed by atoms with Crippen LogP contribution in [0.4, 0.5) is 11.4 Å². The molecule has 11 heteroatoms. The van der Waals surface area contributed by atoms with Gasteiger partial charge in [-0.15, -0.1) is 11.8 Å². The number of ether oxygens (including phenoxy) is 1. The normalized spacial score (nSPS) is 19.5. The SMILES string of the molecule is COCCCN1C(=O)c2cccc3c(NC(=O)C4CCN(S(=O)(=O)C5=CC[C@@H](c6cccc(C)n6)S5)CC4)ccc1c23. The lowest BCUT2D eigenvalue weighted by Crippen LogP contribution is -2.41. The maximum atomic E-state index is 13.4. The van der Waals surface area contributed by atoms with Crippen molar-refractivity contribution in [2.24, 2.45) is 5.92 Å². The van der Waals surface area contributed by atoms with Crippen molar-refractivity contribution in [3.8, 4) is 0 Å². The molecule has 2 aromatic carbocycles. The second kappa shape index (κ2) is 11.8. The van der Waals surface area contributed by atoms with Crippen molar-refractivity contribution >= 4 is 55.7 Å². The first kappa shape index (κ1) is 28.9. The van der Waals surface area contributed by atoms with Crippen molar-refractivity contribution < 1.29 is 22.7 Å². The van der Waals surface area contributed by atoms with Crippen molar-refractivity contribution in [2.75, 3.05) is 43.6 Å². The molecule has 6 rings (SSSR count). The molecule has 2 amide bonds. The lowest BCUT2D eigenvalue weighted by molar-refractivity contribution is -0.120. The Morgan fingerprint density at radius 2 is 1.90 bits per heavy atom. The van der Waals surface area contributed by atoms with Crippen molar-refractivity contribution in [1.29, 1.82) is 0 Å². The zero-order valence-corrected chi connectivity index (χ0v) is 25.3. The quantitative estimate of drug-likeness (QED) is 0.332. The molecular formula is C31H34N4O5S2. The van der Waals surface area contributed by atoms with Crippen LogP contribution in [0.3, 0.4) is 0 Å². The number of rotatable bonds is 9. The van der Waals surface area contributed by atoms with Gasteiger partial charge in [0.05, 0.1) is 16.6 Å². The Bertz CT molecular complexity index is 1680. The van der Waals surface area contributed by atoms with E-state index >= 15 is 0 Å². The maximum absolute atomic E-state index is 13.4. The number of carbonyl (C=O) groups excluding carboxylic acids is 2. The lowest BCUT2D eigenvalue weighted by atomic mass is 9.96. The number of sulfonamides is 1. The molecular weight excluding hydrogens is 572 g/mol. The Morgan fingerprint density at radius 3 is 2.67 bits per heavy atom. The Balaban J connectivity index is 1.10. The summed E-state index contributed by atoms with van der Waals surface area (Å²) >= 11 is 1.35. The minimum absolute atomic E-state index is 0.0107. The van der Waals surface area contributed by atoms with E-state index in [4.69, 9.17) is 4.74 Å². The fraction of sp³-hybridized carbons (Fsp3) is 0.387. The number of piperidine rings is 1. The van der Waals surface area contributed by atoms with Crippen LogP contribution in [0.1, 0.15) is 52.7 Å². The minimum atomic E-state index is -3.62. The van der Waals surface area contributed by atoms with Gasteiger partial charge in [0.25, 0.3) is 5.91 Å². The van der Waals surface area contributed by atoms with Crippen LogP contribution >= 0.6 is 11.8 Å². The number of carbonyl (C=O) groups is 2. The molecule has 4 heterocycles. The number of benzene rings is 2. The average molecular weight is 607 g/mol. The summed E-state index contributed by atoms with van der Waals surface area (Å²) in [6.45, 7) is 3.64. The Morgan fingerprint density at radius 1 is 1.12 bits per heavy atom. The molecule has 0 spiro atoms. The van der Waals surface area contributed by atoms with E-state index in [1.165, 1.54) is 16.1 Å². The van der Waals surface area contributed by atoms with Crippen molar-refractivity contribution in [2.45, 2.75) is 37.9 Å². The maximum Gasteiger partial charge on any atom is 0.258 e. The molecule has 3 aliphatic rings. The minimum Gasteiger partial charge on any atom is -0.385 e. The van der Waals surface area contributed by atoms with E-state index in [-0.39, 0.29) is 23.0 Å². The smallest absolute Gasteiger partial charge is 0.258 e. The Kier molecular flexibility index (Phi) is 8.10. The summed E-state index contributed by atoms with van der Waals surface area (Å²) in [5.74, 6) is -0.476. The third-order valence-corrected chi connectivity index (χ3v) is 11.9.